The molecule has 4 nitrogen and oxygen atoms in total. The first kappa shape index (κ1) is 12.6. The normalized spacial score (nSPS) is 15.2. The third-order valence-electron chi connectivity index (χ3n) is 3.29. The number of nitrogens with two attached hydrogens (primary N) is 1. The van der Waals surface area contributed by atoms with E-state index in [9.17, 15) is 4.79 Å². The fourth-order valence-electron chi connectivity index (χ4n) is 2.16. The molecule has 5 heteroatoms. The molecule has 4 N–H and O–H groups in total. The molecular formula is C15H13N3OS. The molecule has 1 aliphatic heterocycles. The van der Waals surface area contributed by atoms with E-state index in [1.54, 1.807) is 29.5 Å². The smallest absolute Gasteiger partial charge is 0.256 e. The Bertz CT molecular complexity index is 758. The summed E-state index contributed by atoms with van der Waals surface area (Å²) in [6.07, 6.45) is 1.89. The first-order valence-electron chi connectivity index (χ1n) is 6.12. The van der Waals surface area contributed by atoms with E-state index in [2.05, 4.69) is 5.32 Å². The maximum atomic E-state index is 12.1. The fraction of sp³-hybridized carbons (Fsp3) is 0.0667. The van der Waals surface area contributed by atoms with Gasteiger partial charge in [-0.2, -0.15) is 0 Å². The molecule has 1 aliphatic rings. The van der Waals surface area contributed by atoms with E-state index < -0.39 is 0 Å². The van der Waals surface area contributed by atoms with E-state index in [-0.39, 0.29) is 11.7 Å². The summed E-state index contributed by atoms with van der Waals surface area (Å²) in [6.45, 7) is 2.02. The van der Waals surface area contributed by atoms with E-state index in [1.165, 1.54) is 0 Å². The third kappa shape index (κ3) is 2.02. The van der Waals surface area contributed by atoms with Gasteiger partial charge in [0.1, 0.15) is 5.84 Å². The Labute approximate surface area is 120 Å². The lowest BCUT2D eigenvalue weighted by Crippen LogP contribution is -2.10. The Morgan fingerprint density at radius 1 is 1.40 bits per heavy atom. The van der Waals surface area contributed by atoms with Crippen molar-refractivity contribution >= 4 is 40.4 Å². The largest absolute Gasteiger partial charge is 0.384 e. The van der Waals surface area contributed by atoms with Crippen LogP contribution in [0.4, 0.5) is 5.69 Å². The summed E-state index contributed by atoms with van der Waals surface area (Å²) in [6, 6.07) is 7.33. The lowest BCUT2D eigenvalue weighted by Gasteiger charge is -2.02. The van der Waals surface area contributed by atoms with Crippen molar-refractivity contribution < 1.29 is 4.79 Å². The molecule has 0 unspecified atom stereocenters. The minimum atomic E-state index is -0.117. The summed E-state index contributed by atoms with van der Waals surface area (Å²) in [7, 11) is 0. The van der Waals surface area contributed by atoms with Crippen molar-refractivity contribution in [3.8, 4) is 0 Å². The van der Waals surface area contributed by atoms with Crippen molar-refractivity contribution in [2.24, 2.45) is 5.73 Å². The van der Waals surface area contributed by atoms with Crippen molar-refractivity contribution in [3.63, 3.8) is 0 Å². The van der Waals surface area contributed by atoms with Crippen LogP contribution in [0, 0.1) is 12.3 Å². The minimum Gasteiger partial charge on any atom is -0.384 e. The van der Waals surface area contributed by atoms with E-state index in [4.69, 9.17) is 11.1 Å². The molecular weight excluding hydrogens is 270 g/mol. The minimum absolute atomic E-state index is 0.00111. The van der Waals surface area contributed by atoms with Gasteiger partial charge in [-0.1, -0.05) is 0 Å². The summed E-state index contributed by atoms with van der Waals surface area (Å²) in [4.78, 5) is 13.2. The SMILES string of the molecule is Cc1ccsc1C=C1C(=O)Nc2ccc(C(=N)N)cc21. The summed E-state index contributed by atoms with van der Waals surface area (Å²) in [5.41, 5.74) is 9.46. The number of aryl methyl sites for hydroxylation is 1. The van der Waals surface area contributed by atoms with Gasteiger partial charge in [0.2, 0.25) is 0 Å². The van der Waals surface area contributed by atoms with Gasteiger partial charge in [-0.25, -0.2) is 0 Å². The van der Waals surface area contributed by atoms with Crippen LogP contribution in [0.5, 0.6) is 0 Å². The molecule has 0 aliphatic carbocycles. The first-order chi connectivity index (χ1) is 9.56. The average Bonchev–Trinajstić information content (AvgIpc) is 2.94. The Morgan fingerprint density at radius 3 is 2.85 bits per heavy atom. The summed E-state index contributed by atoms with van der Waals surface area (Å²) in [5.74, 6) is -0.118. The van der Waals surface area contributed by atoms with Crippen LogP contribution >= 0.6 is 11.3 Å². The maximum Gasteiger partial charge on any atom is 0.256 e. The van der Waals surface area contributed by atoms with Gasteiger partial charge in [0.05, 0.1) is 5.57 Å². The molecule has 1 aromatic carbocycles. The predicted molar refractivity (Wildman–Crippen MR) is 83.0 cm³/mol. The van der Waals surface area contributed by atoms with Gasteiger partial charge in [-0.15, -0.1) is 11.3 Å². The molecule has 2 heterocycles. The average molecular weight is 283 g/mol. The monoisotopic (exact) mass is 283 g/mol. The number of nitrogen functional groups attached to an aromatic ring is 1. The summed E-state index contributed by atoms with van der Waals surface area (Å²) >= 11 is 1.60. The van der Waals surface area contributed by atoms with Crippen molar-refractivity contribution in [1.29, 1.82) is 5.41 Å². The fourth-order valence-corrected chi connectivity index (χ4v) is 3.02. The van der Waals surface area contributed by atoms with Crippen LogP contribution in [0.1, 0.15) is 21.6 Å². The second kappa shape index (κ2) is 4.61. The van der Waals surface area contributed by atoms with Gasteiger partial charge in [-0.05, 0) is 48.2 Å². The van der Waals surface area contributed by atoms with Crippen molar-refractivity contribution in [2.45, 2.75) is 6.92 Å². The van der Waals surface area contributed by atoms with Gasteiger partial charge in [-0.3, -0.25) is 10.2 Å². The zero-order valence-corrected chi connectivity index (χ0v) is 11.7. The molecule has 0 atom stereocenters. The molecule has 0 fully saturated rings. The number of carbonyl (C=O) groups excluding carboxylic acids is 1. The standard InChI is InChI=1S/C15H13N3OS/c1-8-4-5-20-13(8)7-11-10-6-9(14(16)17)2-3-12(10)18-15(11)19/h2-7H,1H3,(H3,16,17)(H,18,19). The topological polar surface area (TPSA) is 79.0 Å². The molecule has 100 valence electrons. The zero-order valence-electron chi connectivity index (χ0n) is 10.9. The highest BCUT2D eigenvalue weighted by Crippen LogP contribution is 2.35. The second-order valence-electron chi connectivity index (χ2n) is 4.65. The lowest BCUT2D eigenvalue weighted by molar-refractivity contribution is -0.110. The van der Waals surface area contributed by atoms with Crippen LogP contribution in [0.2, 0.25) is 0 Å². The van der Waals surface area contributed by atoms with Crippen LogP contribution in [0.3, 0.4) is 0 Å². The van der Waals surface area contributed by atoms with E-state index >= 15 is 0 Å². The second-order valence-corrected chi connectivity index (χ2v) is 5.60. The number of nitrogens with one attached hydrogen (secondary N) is 2. The third-order valence-corrected chi connectivity index (χ3v) is 4.26. The lowest BCUT2D eigenvalue weighted by atomic mass is 10.0. The Balaban J connectivity index is 2.13. The van der Waals surface area contributed by atoms with Gasteiger partial charge >= 0.3 is 0 Å². The molecule has 2 aromatic rings. The molecule has 0 saturated carbocycles. The predicted octanol–water partition coefficient (Wildman–Crippen LogP) is 2.83. The number of fused-ring (bicyclic) bond motifs is 1. The highest BCUT2D eigenvalue weighted by Gasteiger charge is 2.24. The number of amidine groups is 1. The highest BCUT2D eigenvalue weighted by atomic mass is 32.1. The summed E-state index contributed by atoms with van der Waals surface area (Å²) < 4.78 is 0. The number of hydrogen-bond acceptors (Lipinski definition) is 3. The van der Waals surface area contributed by atoms with E-state index in [0.29, 0.717) is 11.1 Å². The van der Waals surface area contributed by atoms with Crippen molar-refractivity contribution in [3.05, 3.63) is 51.2 Å². The molecule has 0 bridgehead atoms. The number of carbonyl (C=O) groups is 1. The molecule has 1 amide bonds. The van der Waals surface area contributed by atoms with E-state index in [1.807, 2.05) is 24.4 Å². The van der Waals surface area contributed by atoms with Gasteiger partial charge < -0.3 is 11.1 Å². The first-order valence-corrected chi connectivity index (χ1v) is 7.00. The number of thiophene rings is 1. The quantitative estimate of drug-likeness (QED) is 0.450. The number of hydrogen-bond donors (Lipinski definition) is 3. The van der Waals surface area contributed by atoms with Gasteiger partial charge in [0, 0.05) is 21.7 Å². The molecule has 0 spiro atoms. The molecule has 20 heavy (non-hydrogen) atoms. The molecule has 0 saturated heterocycles. The Hall–Kier alpha value is -2.40. The molecule has 3 rings (SSSR count). The van der Waals surface area contributed by atoms with Crippen LogP contribution in [-0.2, 0) is 4.79 Å². The van der Waals surface area contributed by atoms with Gasteiger partial charge in [0.15, 0.2) is 0 Å². The maximum absolute atomic E-state index is 12.1. The Kier molecular flexibility index (Phi) is 2.91. The summed E-state index contributed by atoms with van der Waals surface area (Å²) in [5, 5.41) is 12.3. The van der Waals surface area contributed by atoms with Crippen LogP contribution < -0.4 is 11.1 Å². The van der Waals surface area contributed by atoms with E-state index in [0.717, 1.165) is 21.7 Å². The van der Waals surface area contributed by atoms with Crippen LogP contribution in [0.25, 0.3) is 11.6 Å². The van der Waals surface area contributed by atoms with Gasteiger partial charge in [0.25, 0.3) is 5.91 Å². The van der Waals surface area contributed by atoms with Crippen molar-refractivity contribution in [1.82, 2.24) is 0 Å². The number of anilines is 1. The molecule has 0 radical (unpaired) electrons. The molecule has 1 aromatic heterocycles. The number of rotatable bonds is 2. The number of amides is 1. The van der Waals surface area contributed by atoms with Crippen molar-refractivity contribution in [2.75, 3.05) is 5.32 Å². The zero-order chi connectivity index (χ0) is 14.3. The highest BCUT2D eigenvalue weighted by molar-refractivity contribution is 7.11. The Morgan fingerprint density at radius 2 is 2.20 bits per heavy atom. The van der Waals surface area contributed by atoms with Crippen LogP contribution in [-0.4, -0.2) is 11.7 Å². The van der Waals surface area contributed by atoms with Crippen LogP contribution in [0.15, 0.2) is 29.6 Å². The number of benzene rings is 1.